The molecule has 12 heteroatoms. The van der Waals surface area contributed by atoms with E-state index in [4.69, 9.17) is 37.0 Å². The predicted molar refractivity (Wildman–Crippen MR) is 134 cm³/mol. The van der Waals surface area contributed by atoms with Gasteiger partial charge in [-0.1, -0.05) is 45.2 Å². The number of esters is 3. The van der Waals surface area contributed by atoms with Crippen molar-refractivity contribution in [2.75, 3.05) is 6.61 Å². The molecule has 0 bridgehead atoms. The summed E-state index contributed by atoms with van der Waals surface area (Å²) in [6.07, 6.45) is 2.64. The Morgan fingerprint density at radius 3 is 2.29 bits per heavy atom. The molecule has 1 fully saturated rings. The van der Waals surface area contributed by atoms with Gasteiger partial charge in [-0.2, -0.15) is 0 Å². The maximum Gasteiger partial charge on any atom is 0.338 e. The van der Waals surface area contributed by atoms with E-state index in [1.54, 1.807) is 27.7 Å². The maximum absolute atomic E-state index is 12.8. The Morgan fingerprint density at radius 2 is 1.74 bits per heavy atom. The van der Waals surface area contributed by atoms with Gasteiger partial charge < -0.3 is 18.9 Å². The lowest BCUT2D eigenvalue weighted by molar-refractivity contribution is -0.182. The molecule has 0 aliphatic carbocycles. The average molecular weight is 547 g/mol. The summed E-state index contributed by atoms with van der Waals surface area (Å²) in [6.45, 7) is 5.74. The van der Waals surface area contributed by atoms with E-state index in [1.165, 1.54) is 24.3 Å². The summed E-state index contributed by atoms with van der Waals surface area (Å²) >= 11 is 5.87. The Kier molecular flexibility index (Phi) is 8.81. The molecule has 202 valence electrons. The van der Waals surface area contributed by atoms with Gasteiger partial charge in [0.1, 0.15) is 12.7 Å². The van der Waals surface area contributed by atoms with Gasteiger partial charge in [-0.25, -0.2) is 9.59 Å². The number of hydrogen-bond donors (Lipinski definition) is 1. The van der Waals surface area contributed by atoms with Gasteiger partial charge in [0, 0.05) is 17.3 Å². The van der Waals surface area contributed by atoms with Crippen LogP contribution in [-0.4, -0.2) is 51.9 Å². The normalized spacial score (nSPS) is 22.6. The SMILES string of the molecule is C#C[C@@]1(OC(=O)C(C)C)[C@@H](COC(=O)c2ccc(Cl)cc2)O[C@@H](n2ccc(=O)[nH]c2=O)[C@@H]1OC(=O)C(C)C. The predicted octanol–water partition coefficient (Wildman–Crippen LogP) is 2.08. The molecule has 38 heavy (non-hydrogen) atoms. The van der Waals surface area contributed by atoms with Gasteiger partial charge in [-0.05, 0) is 24.3 Å². The first-order chi connectivity index (χ1) is 17.9. The summed E-state index contributed by atoms with van der Waals surface area (Å²) in [7, 11) is 0. The summed E-state index contributed by atoms with van der Waals surface area (Å²) in [4.78, 5) is 64.5. The van der Waals surface area contributed by atoms with Crippen molar-refractivity contribution in [3.05, 3.63) is 68.0 Å². The Morgan fingerprint density at radius 1 is 1.11 bits per heavy atom. The van der Waals surface area contributed by atoms with Crippen LogP contribution in [0, 0.1) is 24.2 Å². The largest absolute Gasteiger partial charge is 0.459 e. The fraction of sp³-hybridized carbons (Fsp3) is 0.423. The molecule has 0 spiro atoms. The molecule has 1 aliphatic rings. The van der Waals surface area contributed by atoms with E-state index in [9.17, 15) is 24.0 Å². The second-order valence-corrected chi connectivity index (χ2v) is 9.60. The number of nitrogens with zero attached hydrogens (tertiary/aromatic N) is 1. The van der Waals surface area contributed by atoms with Crippen LogP contribution in [0.5, 0.6) is 0 Å². The maximum atomic E-state index is 12.8. The highest BCUT2D eigenvalue weighted by atomic mass is 35.5. The second-order valence-electron chi connectivity index (χ2n) is 9.16. The van der Waals surface area contributed by atoms with Gasteiger partial charge in [-0.15, -0.1) is 6.42 Å². The molecule has 2 heterocycles. The van der Waals surface area contributed by atoms with Gasteiger partial charge in [0.25, 0.3) is 5.56 Å². The van der Waals surface area contributed by atoms with E-state index in [1.807, 2.05) is 0 Å². The van der Waals surface area contributed by atoms with Crippen LogP contribution in [-0.2, 0) is 28.5 Å². The number of ether oxygens (including phenoxy) is 4. The number of H-pyrrole nitrogens is 1. The van der Waals surface area contributed by atoms with Gasteiger partial charge in [0.05, 0.1) is 17.4 Å². The van der Waals surface area contributed by atoms with Crippen LogP contribution in [0.3, 0.4) is 0 Å². The van der Waals surface area contributed by atoms with Gasteiger partial charge in [-0.3, -0.25) is 23.9 Å². The van der Waals surface area contributed by atoms with E-state index in [0.29, 0.717) is 5.02 Å². The molecule has 2 aromatic rings. The molecule has 0 saturated carbocycles. The molecule has 0 radical (unpaired) electrons. The first-order valence-corrected chi connectivity index (χ1v) is 12.1. The lowest BCUT2D eigenvalue weighted by Crippen LogP contribution is -2.54. The molecular weight excluding hydrogens is 520 g/mol. The number of aromatic nitrogens is 2. The zero-order valence-electron chi connectivity index (χ0n) is 21.1. The molecule has 1 aliphatic heterocycles. The molecule has 11 nitrogen and oxygen atoms in total. The number of carbonyl (C=O) groups is 3. The van der Waals surface area contributed by atoms with Crippen molar-refractivity contribution in [3.63, 3.8) is 0 Å². The summed E-state index contributed by atoms with van der Waals surface area (Å²) < 4.78 is 23.7. The Balaban J connectivity index is 2.07. The van der Waals surface area contributed by atoms with Crippen molar-refractivity contribution < 1.29 is 33.3 Å². The molecule has 0 unspecified atom stereocenters. The molecule has 1 saturated heterocycles. The number of nitrogens with one attached hydrogen (secondary N) is 1. The third-order valence-corrected chi connectivity index (χ3v) is 5.97. The topological polar surface area (TPSA) is 143 Å². The number of terminal acetylenes is 1. The molecule has 1 aromatic carbocycles. The standard InChI is InChI=1S/C26H27ClN2O9/c1-6-26(38-23(32)15(4)5)18(13-35-24(33)16-7-9-17(27)10-8-16)36-21(20(26)37-22(31)14(2)3)29-12-11-19(30)28-25(29)34/h1,7-12,14-15,18,20-21H,13H2,2-5H3,(H,28,30,34)/t18-,20+,21-,26-/m1/s1. The molecule has 1 N–H and O–H groups in total. The van der Waals surface area contributed by atoms with E-state index in [0.717, 1.165) is 16.8 Å². The highest BCUT2D eigenvalue weighted by molar-refractivity contribution is 6.30. The monoisotopic (exact) mass is 546 g/mol. The van der Waals surface area contributed by atoms with Crippen molar-refractivity contribution >= 4 is 29.5 Å². The van der Waals surface area contributed by atoms with E-state index in [2.05, 4.69) is 10.9 Å². The summed E-state index contributed by atoms with van der Waals surface area (Å²) in [5, 5.41) is 0.414. The molecule has 0 amide bonds. The first kappa shape index (κ1) is 28.7. The third-order valence-electron chi connectivity index (χ3n) is 5.72. The summed E-state index contributed by atoms with van der Waals surface area (Å²) in [5.74, 6) is -1.13. The van der Waals surface area contributed by atoms with Crippen molar-refractivity contribution in [2.24, 2.45) is 11.8 Å². The van der Waals surface area contributed by atoms with E-state index >= 15 is 0 Å². The minimum absolute atomic E-state index is 0.175. The van der Waals surface area contributed by atoms with Gasteiger partial charge in [0.15, 0.2) is 6.23 Å². The Bertz CT molecular complexity index is 1360. The van der Waals surface area contributed by atoms with Crippen LogP contribution in [0.25, 0.3) is 0 Å². The molecule has 1 aromatic heterocycles. The summed E-state index contributed by atoms with van der Waals surface area (Å²) in [6, 6.07) is 6.95. The zero-order chi connectivity index (χ0) is 28.2. The number of aromatic amines is 1. The number of rotatable bonds is 8. The molecular formula is C26H27ClN2O9. The Labute approximate surface area is 223 Å². The minimum Gasteiger partial charge on any atom is -0.459 e. The fourth-order valence-electron chi connectivity index (χ4n) is 3.58. The molecule has 3 rings (SSSR count). The third kappa shape index (κ3) is 5.98. The fourth-order valence-corrected chi connectivity index (χ4v) is 3.70. The number of benzene rings is 1. The van der Waals surface area contributed by atoms with Crippen molar-refractivity contribution in [2.45, 2.75) is 51.7 Å². The highest BCUT2D eigenvalue weighted by Gasteiger charge is 2.63. The van der Waals surface area contributed by atoms with Crippen LogP contribution in [0.15, 0.2) is 46.1 Å². The van der Waals surface area contributed by atoms with Crippen LogP contribution in [0.1, 0.15) is 44.3 Å². The second kappa shape index (κ2) is 11.7. The van der Waals surface area contributed by atoms with Crippen LogP contribution in [0.2, 0.25) is 5.02 Å². The van der Waals surface area contributed by atoms with Crippen molar-refractivity contribution in [3.8, 4) is 12.3 Å². The number of carbonyl (C=O) groups excluding carboxylic acids is 3. The highest BCUT2D eigenvalue weighted by Crippen LogP contribution is 2.42. The smallest absolute Gasteiger partial charge is 0.338 e. The summed E-state index contributed by atoms with van der Waals surface area (Å²) in [5.41, 5.74) is -3.50. The average Bonchev–Trinajstić information content (AvgIpc) is 3.15. The van der Waals surface area contributed by atoms with Crippen molar-refractivity contribution in [1.29, 1.82) is 0 Å². The number of hydrogen-bond acceptors (Lipinski definition) is 9. The van der Waals surface area contributed by atoms with E-state index in [-0.39, 0.29) is 5.56 Å². The van der Waals surface area contributed by atoms with E-state index < -0.39 is 71.6 Å². The quantitative estimate of drug-likeness (QED) is 0.299. The Hall–Kier alpha value is -3.88. The van der Waals surface area contributed by atoms with Crippen molar-refractivity contribution in [1.82, 2.24) is 9.55 Å². The van der Waals surface area contributed by atoms with Gasteiger partial charge in [0.2, 0.25) is 11.7 Å². The molecule has 4 atom stereocenters. The lowest BCUT2D eigenvalue weighted by Gasteiger charge is -2.33. The van der Waals surface area contributed by atoms with Gasteiger partial charge >= 0.3 is 23.6 Å². The number of halogens is 1. The zero-order valence-corrected chi connectivity index (χ0v) is 21.9. The van der Waals surface area contributed by atoms with Crippen LogP contribution < -0.4 is 11.2 Å². The first-order valence-electron chi connectivity index (χ1n) is 11.7. The lowest BCUT2D eigenvalue weighted by atomic mass is 9.92. The van der Waals surface area contributed by atoms with Crippen LogP contribution in [0.4, 0.5) is 0 Å². The minimum atomic E-state index is -2.10. The van der Waals surface area contributed by atoms with Crippen LogP contribution >= 0.6 is 11.6 Å².